The molecule has 28 heavy (non-hydrogen) atoms. The molecule has 0 spiro atoms. The summed E-state index contributed by atoms with van der Waals surface area (Å²) in [7, 11) is 0. The number of benzene rings is 1. The van der Waals surface area contributed by atoms with E-state index < -0.39 is 12.2 Å². The Morgan fingerprint density at radius 1 is 1.39 bits per heavy atom. The highest BCUT2D eigenvalue weighted by atomic mass is 35.5. The second-order valence-corrected chi connectivity index (χ2v) is 6.53. The molecule has 3 rings (SSSR count). The number of ether oxygens (including phenoxy) is 1. The van der Waals surface area contributed by atoms with Crippen LogP contribution in [0.25, 0.3) is 0 Å². The minimum atomic E-state index is -2.92. The summed E-state index contributed by atoms with van der Waals surface area (Å²) in [6.07, 6.45) is 1.93. The monoisotopic (exact) mass is 412 g/mol. The summed E-state index contributed by atoms with van der Waals surface area (Å²) in [5, 5.41) is 7.47. The average Bonchev–Trinajstić information content (AvgIpc) is 2.65. The average molecular weight is 413 g/mol. The lowest BCUT2D eigenvalue weighted by atomic mass is 10.1. The lowest BCUT2D eigenvalue weighted by molar-refractivity contribution is -0.0507. The molecule has 0 aliphatic carbocycles. The molecule has 0 amide bonds. The van der Waals surface area contributed by atoms with Crippen LogP contribution in [0.1, 0.15) is 12.0 Å². The molecule has 1 aliphatic rings. The molecule has 11 heteroatoms. The number of para-hydroxylation sites is 1. The van der Waals surface area contributed by atoms with Gasteiger partial charge in [0.1, 0.15) is 10.8 Å². The lowest BCUT2D eigenvalue weighted by Gasteiger charge is -2.34. The van der Waals surface area contributed by atoms with Gasteiger partial charge >= 0.3 is 6.61 Å². The van der Waals surface area contributed by atoms with E-state index in [0.29, 0.717) is 42.2 Å². The van der Waals surface area contributed by atoms with Crippen LogP contribution < -0.4 is 26.8 Å². The van der Waals surface area contributed by atoms with E-state index in [1.807, 2.05) is 4.90 Å². The number of hydrazine groups is 1. The topological polar surface area (TPSA) is 114 Å². The zero-order valence-electron chi connectivity index (χ0n) is 14.7. The standard InChI is InChI=1S/C17H19ClF2N6O2/c18-15-13(7-23-24-16(15)27)25-6-5-12(11(21)9-25)26(22)8-10-3-1-2-4-14(10)28-17(19)20/h1-4,7,17H,5-6,8-9,21-22H2,(H,24,27). The number of aromatic nitrogens is 2. The lowest BCUT2D eigenvalue weighted by Crippen LogP contribution is -2.42. The maximum atomic E-state index is 12.6. The number of nitrogens with two attached hydrogens (primary N) is 2. The van der Waals surface area contributed by atoms with Gasteiger partial charge in [0.2, 0.25) is 0 Å². The van der Waals surface area contributed by atoms with E-state index in [9.17, 15) is 13.6 Å². The second-order valence-electron chi connectivity index (χ2n) is 6.16. The largest absolute Gasteiger partial charge is 0.434 e. The molecule has 1 aromatic carbocycles. The maximum Gasteiger partial charge on any atom is 0.387 e. The molecule has 0 unspecified atom stereocenters. The van der Waals surface area contributed by atoms with Crippen LogP contribution in [0.15, 0.2) is 46.7 Å². The molecule has 2 aromatic rings. The number of aromatic amines is 1. The number of hydrogen-bond donors (Lipinski definition) is 3. The molecule has 0 saturated heterocycles. The third-order valence-electron chi connectivity index (χ3n) is 4.34. The number of anilines is 1. The van der Waals surface area contributed by atoms with E-state index in [4.69, 9.17) is 23.2 Å². The molecule has 0 saturated carbocycles. The number of nitrogens with one attached hydrogen (secondary N) is 1. The normalized spacial score (nSPS) is 14.5. The molecular formula is C17H19ClF2N6O2. The van der Waals surface area contributed by atoms with Crippen LogP contribution in [0.5, 0.6) is 5.75 Å². The van der Waals surface area contributed by atoms with E-state index in [-0.39, 0.29) is 17.3 Å². The van der Waals surface area contributed by atoms with Crippen molar-refractivity contribution >= 4 is 17.3 Å². The predicted octanol–water partition coefficient (Wildman–Crippen LogP) is 1.78. The van der Waals surface area contributed by atoms with Crippen LogP contribution in [-0.4, -0.2) is 34.9 Å². The summed E-state index contributed by atoms with van der Waals surface area (Å²) < 4.78 is 29.7. The van der Waals surface area contributed by atoms with Gasteiger partial charge in [0.15, 0.2) is 0 Å². The molecule has 0 atom stereocenters. The Labute approximate surface area is 164 Å². The minimum Gasteiger partial charge on any atom is -0.434 e. The Bertz CT molecular complexity index is 936. The Kier molecular flexibility index (Phi) is 6.00. The van der Waals surface area contributed by atoms with Crippen LogP contribution in [0.3, 0.4) is 0 Å². The van der Waals surface area contributed by atoms with Crippen LogP contribution in [-0.2, 0) is 6.54 Å². The van der Waals surface area contributed by atoms with Crippen LogP contribution >= 0.6 is 11.6 Å². The Balaban J connectivity index is 1.76. The first-order chi connectivity index (χ1) is 13.4. The van der Waals surface area contributed by atoms with Gasteiger partial charge in [0.25, 0.3) is 5.56 Å². The zero-order valence-corrected chi connectivity index (χ0v) is 15.5. The van der Waals surface area contributed by atoms with Gasteiger partial charge < -0.3 is 20.4 Å². The minimum absolute atomic E-state index is 0.0360. The zero-order chi connectivity index (χ0) is 20.3. The molecule has 0 radical (unpaired) electrons. The molecule has 1 aromatic heterocycles. The predicted molar refractivity (Wildman–Crippen MR) is 101 cm³/mol. The Hall–Kier alpha value is -2.85. The van der Waals surface area contributed by atoms with Gasteiger partial charge in [0.05, 0.1) is 30.7 Å². The molecular weight excluding hydrogens is 394 g/mol. The molecule has 2 heterocycles. The molecule has 5 N–H and O–H groups in total. The fourth-order valence-corrected chi connectivity index (χ4v) is 3.24. The Morgan fingerprint density at radius 2 is 2.14 bits per heavy atom. The van der Waals surface area contributed by atoms with Crippen molar-refractivity contribution in [2.45, 2.75) is 19.6 Å². The van der Waals surface area contributed by atoms with Crippen LogP contribution in [0.2, 0.25) is 5.02 Å². The summed E-state index contributed by atoms with van der Waals surface area (Å²) in [4.78, 5) is 13.5. The number of H-pyrrole nitrogens is 1. The van der Waals surface area contributed by atoms with Crippen molar-refractivity contribution in [2.24, 2.45) is 11.6 Å². The summed E-state index contributed by atoms with van der Waals surface area (Å²) in [5.41, 5.74) is 7.85. The van der Waals surface area contributed by atoms with E-state index in [1.54, 1.807) is 18.2 Å². The van der Waals surface area contributed by atoms with Crippen molar-refractivity contribution in [2.75, 3.05) is 18.0 Å². The van der Waals surface area contributed by atoms with Crippen molar-refractivity contribution < 1.29 is 13.5 Å². The van der Waals surface area contributed by atoms with Crippen LogP contribution in [0, 0.1) is 0 Å². The van der Waals surface area contributed by atoms with E-state index in [0.717, 1.165) is 0 Å². The number of halogens is 3. The van der Waals surface area contributed by atoms with E-state index in [1.165, 1.54) is 17.3 Å². The number of nitrogens with zero attached hydrogens (tertiary/aromatic N) is 3. The molecule has 8 nitrogen and oxygen atoms in total. The van der Waals surface area contributed by atoms with Crippen molar-refractivity contribution in [3.05, 3.63) is 62.8 Å². The molecule has 150 valence electrons. The third kappa shape index (κ3) is 4.34. The van der Waals surface area contributed by atoms with Crippen molar-refractivity contribution in [3.63, 3.8) is 0 Å². The third-order valence-corrected chi connectivity index (χ3v) is 4.71. The Morgan fingerprint density at radius 3 is 2.86 bits per heavy atom. The van der Waals surface area contributed by atoms with Crippen molar-refractivity contribution in [1.29, 1.82) is 0 Å². The summed E-state index contributed by atoms with van der Waals surface area (Å²) in [5.74, 6) is 6.21. The van der Waals surface area contributed by atoms with Crippen LogP contribution in [0.4, 0.5) is 14.5 Å². The van der Waals surface area contributed by atoms with Gasteiger partial charge in [-0.25, -0.2) is 10.9 Å². The highest BCUT2D eigenvalue weighted by molar-refractivity contribution is 6.33. The van der Waals surface area contributed by atoms with Gasteiger partial charge in [0, 0.05) is 24.2 Å². The fraction of sp³-hybridized carbons (Fsp3) is 0.294. The smallest absolute Gasteiger partial charge is 0.387 e. The molecule has 0 fully saturated rings. The molecule has 1 aliphatic heterocycles. The van der Waals surface area contributed by atoms with Gasteiger partial charge in [-0.1, -0.05) is 29.8 Å². The van der Waals surface area contributed by atoms with Crippen molar-refractivity contribution in [3.8, 4) is 5.75 Å². The second kappa shape index (κ2) is 8.44. The number of rotatable bonds is 6. The number of hydrogen-bond acceptors (Lipinski definition) is 7. The fourth-order valence-electron chi connectivity index (χ4n) is 3.03. The maximum absolute atomic E-state index is 12.6. The highest BCUT2D eigenvalue weighted by Crippen LogP contribution is 2.28. The SMILES string of the molecule is NC1=C(N(N)Cc2ccccc2OC(F)F)CCN(c2cn[nH]c(=O)c2Cl)C1. The van der Waals surface area contributed by atoms with E-state index >= 15 is 0 Å². The van der Waals surface area contributed by atoms with E-state index in [2.05, 4.69) is 14.9 Å². The first kappa shape index (κ1) is 19.9. The van der Waals surface area contributed by atoms with Gasteiger partial charge in [-0.15, -0.1) is 0 Å². The van der Waals surface area contributed by atoms with Crippen molar-refractivity contribution in [1.82, 2.24) is 15.2 Å². The summed E-state index contributed by atoms with van der Waals surface area (Å²) >= 11 is 6.05. The highest BCUT2D eigenvalue weighted by Gasteiger charge is 2.23. The number of alkyl halides is 2. The summed E-state index contributed by atoms with van der Waals surface area (Å²) in [6.45, 7) is -1.98. The van der Waals surface area contributed by atoms with Gasteiger partial charge in [-0.3, -0.25) is 4.79 Å². The first-order valence-corrected chi connectivity index (χ1v) is 8.75. The quantitative estimate of drug-likeness (QED) is 0.489. The van der Waals surface area contributed by atoms with Gasteiger partial charge in [-0.2, -0.15) is 13.9 Å². The summed E-state index contributed by atoms with van der Waals surface area (Å²) in [6, 6.07) is 6.43. The first-order valence-electron chi connectivity index (χ1n) is 8.37. The molecule has 0 bridgehead atoms. The van der Waals surface area contributed by atoms with Gasteiger partial charge in [-0.05, 0) is 6.07 Å².